The van der Waals surface area contributed by atoms with Crippen molar-refractivity contribution in [1.29, 1.82) is 0 Å². The van der Waals surface area contributed by atoms with Crippen LogP contribution in [0.5, 0.6) is 11.5 Å². The molecule has 4 rings (SSSR count). The van der Waals surface area contributed by atoms with Crippen molar-refractivity contribution in [3.8, 4) is 11.5 Å². The van der Waals surface area contributed by atoms with Gasteiger partial charge in [0.15, 0.2) is 6.61 Å². The number of phenols is 1. The molecule has 0 spiro atoms. The first kappa shape index (κ1) is 20.9. The van der Waals surface area contributed by atoms with Gasteiger partial charge in [-0.05, 0) is 54.3 Å². The molecule has 160 valence electrons. The van der Waals surface area contributed by atoms with Crippen LogP contribution in [0, 0.1) is 6.92 Å². The molecular formula is C26H22N2O4. The van der Waals surface area contributed by atoms with Crippen molar-refractivity contribution in [2.45, 2.75) is 6.92 Å². The molecular weight excluding hydrogens is 404 g/mol. The van der Waals surface area contributed by atoms with E-state index in [0.717, 1.165) is 22.0 Å². The maximum absolute atomic E-state index is 12.9. The van der Waals surface area contributed by atoms with Gasteiger partial charge >= 0.3 is 0 Å². The highest BCUT2D eigenvalue weighted by Gasteiger charge is 2.14. The Morgan fingerprint density at radius 3 is 2.28 bits per heavy atom. The van der Waals surface area contributed by atoms with Gasteiger partial charge < -0.3 is 20.5 Å². The fraction of sp³-hybridized carbons (Fsp3) is 0.0769. The largest absolute Gasteiger partial charge is 0.508 e. The summed E-state index contributed by atoms with van der Waals surface area (Å²) in [7, 11) is 0. The molecule has 3 N–H and O–H groups in total. The molecule has 6 nitrogen and oxygen atoms in total. The molecule has 0 saturated carbocycles. The molecule has 0 heterocycles. The summed E-state index contributed by atoms with van der Waals surface area (Å²) in [5.74, 6) is -0.0195. The van der Waals surface area contributed by atoms with Crippen LogP contribution in [0.4, 0.5) is 11.4 Å². The number of hydrogen-bond donors (Lipinski definition) is 3. The van der Waals surface area contributed by atoms with Crippen LogP contribution in [0.3, 0.4) is 0 Å². The molecule has 0 bridgehead atoms. The first-order valence-corrected chi connectivity index (χ1v) is 10.1. The maximum Gasteiger partial charge on any atom is 0.262 e. The number of carbonyl (C=O) groups is 2. The molecule has 0 aromatic heterocycles. The monoisotopic (exact) mass is 426 g/mol. The quantitative estimate of drug-likeness (QED) is 0.399. The van der Waals surface area contributed by atoms with Crippen LogP contribution in [0.1, 0.15) is 15.9 Å². The second kappa shape index (κ2) is 9.22. The third kappa shape index (κ3) is 4.87. The summed E-state index contributed by atoms with van der Waals surface area (Å²) in [6.07, 6.45) is 0. The number of phenolic OH excluding ortho intramolecular Hbond substituents is 1. The molecule has 0 aliphatic heterocycles. The average molecular weight is 426 g/mol. The Morgan fingerprint density at radius 1 is 0.812 bits per heavy atom. The lowest BCUT2D eigenvalue weighted by atomic mass is 10.0. The van der Waals surface area contributed by atoms with E-state index in [1.807, 2.05) is 55.5 Å². The third-order valence-corrected chi connectivity index (χ3v) is 4.89. The zero-order chi connectivity index (χ0) is 22.5. The average Bonchev–Trinajstić information content (AvgIpc) is 2.77. The summed E-state index contributed by atoms with van der Waals surface area (Å²) >= 11 is 0. The highest BCUT2D eigenvalue weighted by Crippen LogP contribution is 2.29. The van der Waals surface area contributed by atoms with Gasteiger partial charge in [0, 0.05) is 28.4 Å². The van der Waals surface area contributed by atoms with Gasteiger partial charge in [-0.1, -0.05) is 42.5 Å². The number of benzene rings is 4. The molecule has 4 aromatic rings. The van der Waals surface area contributed by atoms with Crippen LogP contribution >= 0.6 is 0 Å². The van der Waals surface area contributed by atoms with E-state index in [2.05, 4.69) is 10.6 Å². The summed E-state index contributed by atoms with van der Waals surface area (Å²) in [6, 6.07) is 24.7. The smallest absolute Gasteiger partial charge is 0.262 e. The highest BCUT2D eigenvalue weighted by molar-refractivity contribution is 6.14. The van der Waals surface area contributed by atoms with E-state index in [-0.39, 0.29) is 24.2 Å². The van der Waals surface area contributed by atoms with Gasteiger partial charge in [-0.3, -0.25) is 9.59 Å². The molecule has 32 heavy (non-hydrogen) atoms. The van der Waals surface area contributed by atoms with Gasteiger partial charge in [0.2, 0.25) is 0 Å². The van der Waals surface area contributed by atoms with Crippen LogP contribution in [0.15, 0.2) is 84.9 Å². The summed E-state index contributed by atoms with van der Waals surface area (Å²) in [4.78, 5) is 25.2. The standard InChI is InChI=1S/C26H22N2O4/c1-17-6-4-7-18(14-17)28-26(31)23-12-13-24(22-11-3-2-10-21(22)23)32-16-25(30)27-19-8-5-9-20(29)15-19/h2-15,29H,16H2,1H3,(H,27,30)(H,28,31). The lowest BCUT2D eigenvalue weighted by Gasteiger charge is -2.13. The van der Waals surface area contributed by atoms with E-state index >= 15 is 0 Å². The zero-order valence-electron chi connectivity index (χ0n) is 17.5. The number of aryl methyl sites for hydroxylation is 1. The van der Waals surface area contributed by atoms with Crippen molar-refractivity contribution < 1.29 is 19.4 Å². The van der Waals surface area contributed by atoms with Crippen LogP contribution < -0.4 is 15.4 Å². The number of amides is 2. The van der Waals surface area contributed by atoms with E-state index in [9.17, 15) is 14.7 Å². The Hall–Kier alpha value is -4.32. The Labute approximate surface area is 185 Å². The lowest BCUT2D eigenvalue weighted by molar-refractivity contribution is -0.118. The van der Waals surface area contributed by atoms with E-state index < -0.39 is 0 Å². The number of nitrogens with one attached hydrogen (secondary N) is 2. The van der Waals surface area contributed by atoms with Crippen LogP contribution in [-0.2, 0) is 4.79 Å². The van der Waals surface area contributed by atoms with Crippen molar-refractivity contribution in [3.05, 3.63) is 96.1 Å². The van der Waals surface area contributed by atoms with Gasteiger partial charge in [-0.2, -0.15) is 0 Å². The van der Waals surface area contributed by atoms with Crippen molar-refractivity contribution in [3.63, 3.8) is 0 Å². The van der Waals surface area contributed by atoms with Crippen molar-refractivity contribution in [2.75, 3.05) is 17.2 Å². The minimum absolute atomic E-state index is 0.0641. The lowest BCUT2D eigenvalue weighted by Crippen LogP contribution is -2.20. The van der Waals surface area contributed by atoms with Crippen LogP contribution in [0.2, 0.25) is 0 Å². The van der Waals surface area contributed by atoms with Crippen molar-refractivity contribution in [1.82, 2.24) is 0 Å². The molecule has 0 atom stereocenters. The first-order chi connectivity index (χ1) is 15.5. The SMILES string of the molecule is Cc1cccc(NC(=O)c2ccc(OCC(=O)Nc3cccc(O)c3)c3ccccc23)c1. The number of ether oxygens (including phenoxy) is 1. The second-order valence-corrected chi connectivity index (χ2v) is 7.37. The third-order valence-electron chi connectivity index (χ3n) is 4.89. The predicted octanol–water partition coefficient (Wildman–Crippen LogP) is 5.12. The topological polar surface area (TPSA) is 87.7 Å². The highest BCUT2D eigenvalue weighted by atomic mass is 16.5. The van der Waals surface area contributed by atoms with Crippen molar-refractivity contribution in [2.24, 2.45) is 0 Å². The first-order valence-electron chi connectivity index (χ1n) is 10.1. The Morgan fingerprint density at radius 2 is 1.53 bits per heavy atom. The van der Waals surface area contributed by atoms with E-state index in [4.69, 9.17) is 4.74 Å². The number of fused-ring (bicyclic) bond motifs is 1. The van der Waals surface area contributed by atoms with Gasteiger partial charge in [0.05, 0.1) is 0 Å². The number of rotatable bonds is 6. The number of hydrogen-bond acceptors (Lipinski definition) is 4. The minimum Gasteiger partial charge on any atom is -0.508 e. The van der Waals surface area contributed by atoms with Crippen molar-refractivity contribution >= 4 is 34.0 Å². The van der Waals surface area contributed by atoms with Gasteiger partial charge in [0.1, 0.15) is 11.5 Å². The number of carbonyl (C=O) groups excluding carboxylic acids is 2. The predicted molar refractivity (Wildman–Crippen MR) is 125 cm³/mol. The molecule has 0 aliphatic rings. The Balaban J connectivity index is 1.51. The summed E-state index contributed by atoms with van der Waals surface area (Å²) < 4.78 is 5.75. The number of anilines is 2. The van der Waals surface area contributed by atoms with Gasteiger partial charge in [-0.15, -0.1) is 0 Å². The molecule has 0 saturated heterocycles. The summed E-state index contributed by atoms with van der Waals surface area (Å²) in [6.45, 7) is 1.75. The minimum atomic E-state index is -0.360. The normalized spacial score (nSPS) is 10.5. The molecule has 0 aliphatic carbocycles. The Kier molecular flexibility index (Phi) is 6.03. The molecule has 2 amide bonds. The van der Waals surface area contributed by atoms with E-state index in [1.165, 1.54) is 12.1 Å². The zero-order valence-corrected chi connectivity index (χ0v) is 17.5. The fourth-order valence-corrected chi connectivity index (χ4v) is 3.44. The maximum atomic E-state index is 12.9. The molecule has 4 aromatic carbocycles. The van der Waals surface area contributed by atoms with Gasteiger partial charge in [-0.25, -0.2) is 0 Å². The van der Waals surface area contributed by atoms with Crippen LogP contribution in [-0.4, -0.2) is 23.5 Å². The van der Waals surface area contributed by atoms with Crippen LogP contribution in [0.25, 0.3) is 10.8 Å². The molecule has 0 fully saturated rings. The number of aromatic hydroxyl groups is 1. The summed E-state index contributed by atoms with van der Waals surface area (Å²) in [5, 5.41) is 16.6. The summed E-state index contributed by atoms with van der Waals surface area (Å²) in [5.41, 5.74) is 2.77. The molecule has 0 unspecified atom stereocenters. The second-order valence-electron chi connectivity index (χ2n) is 7.37. The van der Waals surface area contributed by atoms with Gasteiger partial charge in [0.25, 0.3) is 11.8 Å². The van der Waals surface area contributed by atoms with E-state index in [1.54, 1.807) is 24.3 Å². The molecule has 0 radical (unpaired) electrons. The fourth-order valence-electron chi connectivity index (χ4n) is 3.44. The Bertz CT molecular complexity index is 1300. The van der Waals surface area contributed by atoms with E-state index in [0.29, 0.717) is 17.0 Å². The molecule has 6 heteroatoms.